The van der Waals surface area contributed by atoms with Crippen molar-refractivity contribution in [3.05, 3.63) is 0 Å². The summed E-state index contributed by atoms with van der Waals surface area (Å²) in [5.74, 6) is 3.01. The lowest BCUT2D eigenvalue weighted by atomic mass is 9.63. The van der Waals surface area contributed by atoms with E-state index in [4.69, 9.17) is 0 Å². The fourth-order valence-corrected chi connectivity index (χ4v) is 4.19. The summed E-state index contributed by atoms with van der Waals surface area (Å²) in [6, 6.07) is 0. The van der Waals surface area contributed by atoms with Gasteiger partial charge in [-0.05, 0) is 73.3 Å². The van der Waals surface area contributed by atoms with Crippen LogP contribution in [0, 0.1) is 22.7 Å². The van der Waals surface area contributed by atoms with Gasteiger partial charge in [0.05, 0.1) is 0 Å². The van der Waals surface area contributed by atoms with Crippen molar-refractivity contribution < 1.29 is 0 Å². The highest BCUT2D eigenvalue weighted by molar-refractivity contribution is 7.98. The summed E-state index contributed by atoms with van der Waals surface area (Å²) >= 11 is 2.01. The molecule has 0 saturated heterocycles. The van der Waals surface area contributed by atoms with E-state index < -0.39 is 0 Å². The van der Waals surface area contributed by atoms with E-state index in [1.54, 1.807) is 0 Å². The molecule has 0 aromatic rings. The summed E-state index contributed by atoms with van der Waals surface area (Å²) in [5, 5.41) is 3.75. The van der Waals surface area contributed by atoms with Crippen LogP contribution in [0.25, 0.3) is 0 Å². The molecule has 0 bridgehead atoms. The van der Waals surface area contributed by atoms with Gasteiger partial charge in [0.25, 0.3) is 0 Å². The molecule has 1 aliphatic carbocycles. The van der Waals surface area contributed by atoms with E-state index in [1.807, 2.05) is 11.8 Å². The zero-order valence-electron chi connectivity index (χ0n) is 14.7. The molecule has 1 fully saturated rings. The first-order chi connectivity index (χ1) is 9.29. The Labute approximate surface area is 132 Å². The normalized spacial score (nSPS) is 28.1. The molecule has 0 radical (unpaired) electrons. The topological polar surface area (TPSA) is 12.0 Å². The van der Waals surface area contributed by atoms with Crippen molar-refractivity contribution in [1.29, 1.82) is 0 Å². The third-order valence-electron chi connectivity index (χ3n) is 5.16. The van der Waals surface area contributed by atoms with E-state index in [2.05, 4.69) is 46.2 Å². The second-order valence-electron chi connectivity index (χ2n) is 8.41. The maximum absolute atomic E-state index is 3.75. The van der Waals surface area contributed by atoms with Crippen LogP contribution in [-0.2, 0) is 0 Å². The zero-order chi connectivity index (χ0) is 15.2. The molecular formula is C18H37NS. The molecule has 0 unspecified atom stereocenters. The third kappa shape index (κ3) is 5.97. The molecule has 1 rings (SSSR count). The Bertz CT molecular complexity index is 259. The van der Waals surface area contributed by atoms with Crippen molar-refractivity contribution in [2.75, 3.05) is 25.1 Å². The van der Waals surface area contributed by atoms with Gasteiger partial charge in [-0.15, -0.1) is 0 Å². The second-order valence-corrected chi connectivity index (χ2v) is 9.39. The van der Waals surface area contributed by atoms with Gasteiger partial charge in [0.15, 0.2) is 0 Å². The van der Waals surface area contributed by atoms with Gasteiger partial charge in [0, 0.05) is 6.54 Å². The van der Waals surface area contributed by atoms with E-state index >= 15 is 0 Å². The van der Waals surface area contributed by atoms with Crippen LogP contribution in [0.5, 0.6) is 0 Å². The maximum atomic E-state index is 3.75. The Morgan fingerprint density at radius 3 is 2.25 bits per heavy atom. The van der Waals surface area contributed by atoms with Crippen LogP contribution in [0.2, 0.25) is 0 Å². The van der Waals surface area contributed by atoms with Crippen molar-refractivity contribution in [2.45, 2.75) is 66.7 Å². The number of hydrogen-bond donors (Lipinski definition) is 1. The Balaban J connectivity index is 2.53. The molecule has 2 heteroatoms. The monoisotopic (exact) mass is 299 g/mol. The van der Waals surface area contributed by atoms with Crippen LogP contribution < -0.4 is 5.32 Å². The fourth-order valence-electron chi connectivity index (χ4n) is 3.56. The molecule has 0 heterocycles. The summed E-state index contributed by atoms with van der Waals surface area (Å²) in [5.41, 5.74) is 1.08. The Hall–Kier alpha value is 0.310. The van der Waals surface area contributed by atoms with Crippen molar-refractivity contribution in [3.63, 3.8) is 0 Å². The Kier molecular flexibility index (Phi) is 7.41. The first kappa shape index (κ1) is 18.4. The maximum Gasteiger partial charge on any atom is 0.000822 e. The minimum Gasteiger partial charge on any atom is -0.316 e. The molecule has 0 aromatic carbocycles. The van der Waals surface area contributed by atoms with Crippen LogP contribution >= 0.6 is 11.8 Å². The average molecular weight is 300 g/mol. The average Bonchev–Trinajstić information content (AvgIpc) is 2.35. The molecule has 1 aliphatic rings. The predicted octanol–water partition coefficient (Wildman–Crippen LogP) is 5.21. The van der Waals surface area contributed by atoms with Gasteiger partial charge in [0.1, 0.15) is 0 Å². The van der Waals surface area contributed by atoms with Crippen molar-refractivity contribution in [2.24, 2.45) is 22.7 Å². The van der Waals surface area contributed by atoms with Gasteiger partial charge in [-0.2, -0.15) is 11.8 Å². The third-order valence-corrected chi connectivity index (χ3v) is 5.77. The van der Waals surface area contributed by atoms with Crippen LogP contribution in [0.15, 0.2) is 0 Å². The molecule has 0 amide bonds. The molecule has 1 saturated carbocycles. The lowest BCUT2D eigenvalue weighted by molar-refractivity contribution is 0.0836. The minimum atomic E-state index is 0.497. The van der Waals surface area contributed by atoms with Crippen LogP contribution in [0.3, 0.4) is 0 Å². The van der Waals surface area contributed by atoms with Gasteiger partial charge >= 0.3 is 0 Å². The molecule has 0 aromatic heterocycles. The summed E-state index contributed by atoms with van der Waals surface area (Å²) in [6.07, 6.45) is 9.37. The molecule has 120 valence electrons. The first-order valence-electron chi connectivity index (χ1n) is 8.49. The van der Waals surface area contributed by atoms with Crippen molar-refractivity contribution >= 4 is 11.8 Å². The van der Waals surface area contributed by atoms with Gasteiger partial charge in [-0.3, -0.25) is 0 Å². The van der Waals surface area contributed by atoms with Gasteiger partial charge in [-0.1, -0.05) is 34.6 Å². The quantitative estimate of drug-likeness (QED) is 0.692. The van der Waals surface area contributed by atoms with Gasteiger partial charge < -0.3 is 5.32 Å². The highest BCUT2D eigenvalue weighted by Gasteiger charge is 2.38. The lowest BCUT2D eigenvalue weighted by Gasteiger charge is -2.44. The molecular weight excluding hydrogens is 262 g/mol. The first-order valence-corrected chi connectivity index (χ1v) is 9.88. The molecule has 1 N–H and O–H groups in total. The van der Waals surface area contributed by atoms with Crippen LogP contribution in [-0.4, -0.2) is 25.1 Å². The number of hydrogen-bond acceptors (Lipinski definition) is 2. The zero-order valence-corrected chi connectivity index (χ0v) is 15.5. The lowest BCUT2D eigenvalue weighted by Crippen LogP contribution is -2.41. The summed E-state index contributed by atoms with van der Waals surface area (Å²) in [7, 11) is 0. The second kappa shape index (κ2) is 8.08. The number of thioether (sulfide) groups is 1. The van der Waals surface area contributed by atoms with E-state index in [9.17, 15) is 0 Å². The Morgan fingerprint density at radius 1 is 1.20 bits per heavy atom. The highest BCUT2D eigenvalue weighted by Crippen LogP contribution is 2.47. The number of rotatable bonds is 7. The summed E-state index contributed by atoms with van der Waals surface area (Å²) in [6.45, 7) is 14.3. The number of nitrogens with one attached hydrogen (secondary N) is 1. The molecule has 0 spiro atoms. The van der Waals surface area contributed by atoms with Crippen molar-refractivity contribution in [3.8, 4) is 0 Å². The standard InChI is InChI=1S/C18H37NS/c1-15(2)13-19-14-18(11-12-20-6)9-7-16(8-10-18)17(3,4)5/h15-16,19H,7-14H2,1-6H3. The minimum absolute atomic E-state index is 0.497. The van der Waals surface area contributed by atoms with E-state index in [-0.39, 0.29) is 0 Å². The van der Waals surface area contributed by atoms with E-state index in [0.717, 1.165) is 11.8 Å². The van der Waals surface area contributed by atoms with Crippen LogP contribution in [0.1, 0.15) is 66.7 Å². The molecule has 0 atom stereocenters. The van der Waals surface area contributed by atoms with Gasteiger partial charge in [-0.25, -0.2) is 0 Å². The SMILES string of the molecule is CSCCC1(CNCC(C)C)CCC(C(C)(C)C)CC1. The van der Waals surface area contributed by atoms with Crippen molar-refractivity contribution in [1.82, 2.24) is 5.32 Å². The smallest absolute Gasteiger partial charge is 0.000822 e. The fraction of sp³-hybridized carbons (Fsp3) is 1.00. The van der Waals surface area contributed by atoms with Crippen LogP contribution in [0.4, 0.5) is 0 Å². The molecule has 1 nitrogen and oxygen atoms in total. The molecule has 20 heavy (non-hydrogen) atoms. The largest absolute Gasteiger partial charge is 0.316 e. The highest BCUT2D eigenvalue weighted by atomic mass is 32.2. The van der Waals surface area contributed by atoms with E-state index in [1.165, 1.54) is 50.9 Å². The summed E-state index contributed by atoms with van der Waals surface area (Å²) in [4.78, 5) is 0. The Morgan fingerprint density at radius 2 is 1.80 bits per heavy atom. The van der Waals surface area contributed by atoms with E-state index in [0.29, 0.717) is 10.8 Å². The predicted molar refractivity (Wildman–Crippen MR) is 94.6 cm³/mol. The van der Waals surface area contributed by atoms with Gasteiger partial charge in [0.2, 0.25) is 0 Å². The molecule has 0 aliphatic heterocycles. The summed E-state index contributed by atoms with van der Waals surface area (Å²) < 4.78 is 0.